The van der Waals surface area contributed by atoms with Crippen molar-refractivity contribution in [1.29, 1.82) is 0 Å². The predicted molar refractivity (Wildman–Crippen MR) is 64.8 cm³/mol. The van der Waals surface area contributed by atoms with Crippen LogP contribution in [0.3, 0.4) is 0 Å². The lowest BCUT2D eigenvalue weighted by Gasteiger charge is -2.16. The van der Waals surface area contributed by atoms with Gasteiger partial charge in [-0.15, -0.1) is 0 Å². The first-order chi connectivity index (χ1) is 9.76. The molecule has 0 aromatic carbocycles. The van der Waals surface area contributed by atoms with Crippen LogP contribution in [0.15, 0.2) is 15.3 Å². The number of aryl methyl sites for hydroxylation is 1. The van der Waals surface area contributed by atoms with Crippen molar-refractivity contribution in [2.24, 2.45) is 0 Å². The van der Waals surface area contributed by atoms with Crippen LogP contribution in [0, 0.1) is 0 Å². The van der Waals surface area contributed by atoms with E-state index < -0.39 is 30.0 Å². The van der Waals surface area contributed by atoms with Crippen LogP contribution < -0.4 is 10.9 Å². The summed E-state index contributed by atoms with van der Waals surface area (Å²) in [7, 11) is 0. The summed E-state index contributed by atoms with van der Waals surface area (Å²) in [6.07, 6.45) is -5.14. The second kappa shape index (κ2) is 5.71. The highest BCUT2D eigenvalue weighted by Crippen LogP contribution is 2.24. The molecule has 1 aliphatic heterocycles. The van der Waals surface area contributed by atoms with Gasteiger partial charge in [-0.3, -0.25) is 14.9 Å². The zero-order valence-electron chi connectivity index (χ0n) is 10.9. The van der Waals surface area contributed by atoms with Crippen LogP contribution in [0.25, 0.3) is 0 Å². The van der Waals surface area contributed by atoms with Gasteiger partial charge < -0.3 is 4.42 Å². The van der Waals surface area contributed by atoms with E-state index in [1.807, 2.05) is 0 Å². The molecule has 0 saturated heterocycles. The van der Waals surface area contributed by atoms with Crippen molar-refractivity contribution in [2.45, 2.75) is 38.3 Å². The van der Waals surface area contributed by atoms with Gasteiger partial charge in [-0.25, -0.2) is 4.79 Å². The number of alkyl halides is 3. The van der Waals surface area contributed by atoms with Gasteiger partial charge in [-0.2, -0.15) is 13.2 Å². The smallest absolute Gasteiger partial charge is 0.389 e. The van der Waals surface area contributed by atoms with Crippen molar-refractivity contribution >= 4 is 11.8 Å². The fourth-order valence-corrected chi connectivity index (χ4v) is 2.21. The molecule has 0 saturated carbocycles. The molecule has 0 unspecified atom stereocenters. The number of carbonyl (C=O) groups is 2. The molecule has 1 N–H and O–H groups in total. The number of hydrogen-bond donors (Lipinski definition) is 1. The number of rotatable bonds is 4. The molecule has 21 heavy (non-hydrogen) atoms. The van der Waals surface area contributed by atoms with E-state index in [-0.39, 0.29) is 37.0 Å². The minimum atomic E-state index is -4.22. The molecule has 1 aromatic rings. The number of amides is 2. The van der Waals surface area contributed by atoms with Crippen LogP contribution in [-0.4, -0.2) is 18.0 Å². The highest BCUT2D eigenvalue weighted by molar-refractivity contribution is 6.09. The topological polar surface area (TPSA) is 76.4 Å². The van der Waals surface area contributed by atoms with E-state index in [0.717, 1.165) is 6.07 Å². The Balaban J connectivity index is 2.15. The van der Waals surface area contributed by atoms with Crippen molar-refractivity contribution in [2.75, 3.05) is 0 Å². The Hall–Kier alpha value is -2.12. The van der Waals surface area contributed by atoms with Gasteiger partial charge in [0.05, 0.1) is 12.0 Å². The lowest BCUT2D eigenvalue weighted by Crippen LogP contribution is -2.38. The van der Waals surface area contributed by atoms with Crippen LogP contribution >= 0.6 is 0 Å². The monoisotopic (exact) mass is 303 g/mol. The van der Waals surface area contributed by atoms with E-state index in [2.05, 4.69) is 5.32 Å². The number of unbranched alkanes of at least 4 members (excludes halogenated alkanes) is 1. The SMILES string of the molecule is O=C1Cc2oc(=O)cc(CCCCC(F)(F)F)c2C(=O)N1. The van der Waals surface area contributed by atoms with E-state index >= 15 is 0 Å². The Bertz CT molecular complexity index is 633. The standard InChI is InChI=1S/C13H12F3NO4/c14-13(15,16)4-2-1-3-7-5-10(19)21-8-6-9(18)17-12(20)11(7)8/h5H,1-4,6H2,(H,17,18,20). The molecule has 114 valence electrons. The first-order valence-corrected chi connectivity index (χ1v) is 6.33. The van der Waals surface area contributed by atoms with Gasteiger partial charge in [0, 0.05) is 12.5 Å². The molecule has 8 heteroatoms. The lowest BCUT2D eigenvalue weighted by molar-refractivity contribution is -0.135. The molecule has 0 fully saturated rings. The zero-order valence-corrected chi connectivity index (χ0v) is 10.9. The van der Waals surface area contributed by atoms with Crippen molar-refractivity contribution in [3.63, 3.8) is 0 Å². The van der Waals surface area contributed by atoms with Crippen LogP contribution in [-0.2, 0) is 17.6 Å². The normalized spacial score (nSPS) is 14.8. The van der Waals surface area contributed by atoms with E-state index in [0.29, 0.717) is 5.56 Å². The van der Waals surface area contributed by atoms with Crippen LogP contribution in [0.5, 0.6) is 0 Å². The first kappa shape index (κ1) is 15.3. The van der Waals surface area contributed by atoms with E-state index in [1.54, 1.807) is 0 Å². The van der Waals surface area contributed by atoms with Gasteiger partial charge in [-0.1, -0.05) is 0 Å². The molecule has 0 bridgehead atoms. The van der Waals surface area contributed by atoms with Gasteiger partial charge in [-0.05, 0) is 24.8 Å². The number of fused-ring (bicyclic) bond motifs is 1. The number of carbonyl (C=O) groups excluding carboxylic acids is 2. The zero-order chi connectivity index (χ0) is 15.6. The van der Waals surface area contributed by atoms with Crippen molar-refractivity contribution in [3.05, 3.63) is 33.4 Å². The maximum absolute atomic E-state index is 12.1. The van der Waals surface area contributed by atoms with Crippen molar-refractivity contribution < 1.29 is 27.2 Å². The molecule has 1 aliphatic rings. The summed E-state index contributed by atoms with van der Waals surface area (Å²) >= 11 is 0. The third kappa shape index (κ3) is 3.93. The fourth-order valence-electron chi connectivity index (χ4n) is 2.21. The van der Waals surface area contributed by atoms with Gasteiger partial charge >= 0.3 is 11.8 Å². The second-order valence-electron chi connectivity index (χ2n) is 4.77. The van der Waals surface area contributed by atoms with Gasteiger partial charge in [0.25, 0.3) is 5.91 Å². The largest absolute Gasteiger partial charge is 0.426 e. The average Bonchev–Trinajstić information content (AvgIpc) is 2.31. The fraction of sp³-hybridized carbons (Fsp3) is 0.462. The van der Waals surface area contributed by atoms with E-state index in [9.17, 15) is 27.6 Å². The molecule has 0 aliphatic carbocycles. The van der Waals surface area contributed by atoms with Crippen molar-refractivity contribution in [3.8, 4) is 0 Å². The van der Waals surface area contributed by atoms with Crippen molar-refractivity contribution in [1.82, 2.24) is 5.32 Å². The Morgan fingerprint density at radius 2 is 1.90 bits per heavy atom. The minimum Gasteiger partial charge on any atom is -0.426 e. The lowest BCUT2D eigenvalue weighted by atomic mass is 9.97. The maximum atomic E-state index is 12.1. The van der Waals surface area contributed by atoms with E-state index in [1.165, 1.54) is 0 Å². The van der Waals surface area contributed by atoms with E-state index in [4.69, 9.17) is 4.42 Å². The highest BCUT2D eigenvalue weighted by atomic mass is 19.4. The quantitative estimate of drug-likeness (QED) is 0.679. The third-order valence-electron chi connectivity index (χ3n) is 3.07. The Morgan fingerprint density at radius 3 is 2.57 bits per heavy atom. The predicted octanol–water partition coefficient (Wildman–Crippen LogP) is 1.73. The highest BCUT2D eigenvalue weighted by Gasteiger charge is 2.29. The maximum Gasteiger partial charge on any atom is 0.389 e. The molecule has 2 amide bonds. The number of hydrogen-bond acceptors (Lipinski definition) is 4. The second-order valence-corrected chi connectivity index (χ2v) is 4.77. The van der Waals surface area contributed by atoms with Crippen LogP contribution in [0.1, 0.15) is 40.9 Å². The van der Waals surface area contributed by atoms with Crippen LogP contribution in [0.2, 0.25) is 0 Å². The summed E-state index contributed by atoms with van der Waals surface area (Å²) < 4.78 is 41.0. The summed E-state index contributed by atoms with van der Waals surface area (Å²) in [5, 5.41) is 2.09. The van der Waals surface area contributed by atoms with Gasteiger partial charge in [0.1, 0.15) is 5.76 Å². The molecular formula is C13H12F3NO4. The molecule has 0 radical (unpaired) electrons. The Labute approximate surface area is 117 Å². The summed E-state index contributed by atoms with van der Waals surface area (Å²) in [5.41, 5.74) is -0.322. The molecular weight excluding hydrogens is 291 g/mol. The number of halogens is 3. The molecule has 2 heterocycles. The molecule has 0 spiro atoms. The Kier molecular flexibility index (Phi) is 4.15. The number of imide groups is 1. The van der Waals surface area contributed by atoms with Gasteiger partial charge in [0.15, 0.2) is 0 Å². The average molecular weight is 303 g/mol. The Morgan fingerprint density at radius 1 is 1.19 bits per heavy atom. The molecule has 1 aromatic heterocycles. The third-order valence-corrected chi connectivity index (χ3v) is 3.07. The molecule has 5 nitrogen and oxygen atoms in total. The van der Waals surface area contributed by atoms with Gasteiger partial charge in [0.2, 0.25) is 5.91 Å². The summed E-state index contributed by atoms with van der Waals surface area (Å²) in [6, 6.07) is 1.09. The van der Waals surface area contributed by atoms with Crippen LogP contribution in [0.4, 0.5) is 13.2 Å². The summed E-state index contributed by atoms with van der Waals surface area (Å²) in [4.78, 5) is 34.3. The first-order valence-electron chi connectivity index (χ1n) is 6.33. The molecule has 0 atom stereocenters. The number of nitrogens with one attached hydrogen (secondary N) is 1. The molecule has 2 rings (SSSR count). The minimum absolute atomic E-state index is 0.0259. The summed E-state index contributed by atoms with van der Waals surface area (Å²) in [5.74, 6) is -1.29. The summed E-state index contributed by atoms with van der Waals surface area (Å²) in [6.45, 7) is 0.